The molecule has 0 spiro atoms. The number of carbonyl (C=O) groups excluding carboxylic acids is 1. The molecule has 8 heteroatoms. The minimum Gasteiger partial charge on any atom is -0.378 e. The maximum absolute atomic E-state index is 12.3. The fourth-order valence-electron chi connectivity index (χ4n) is 2.54. The molecule has 1 aromatic carbocycles. The zero-order valence-corrected chi connectivity index (χ0v) is 16.2. The second kappa shape index (κ2) is 9.80. The predicted molar refractivity (Wildman–Crippen MR) is 104 cm³/mol. The monoisotopic (exact) mass is 390 g/mol. The van der Waals surface area contributed by atoms with Gasteiger partial charge in [-0.05, 0) is 12.1 Å². The lowest BCUT2D eigenvalue weighted by Gasteiger charge is -2.26. The molecule has 26 heavy (non-hydrogen) atoms. The number of ether oxygens (including phenoxy) is 1. The molecule has 0 N–H and O–H groups in total. The topological polar surface area (TPSA) is 60.2 Å². The summed E-state index contributed by atoms with van der Waals surface area (Å²) in [5, 5.41) is 9.36. The molecule has 2 heterocycles. The highest BCUT2D eigenvalue weighted by atomic mass is 32.2. The van der Waals surface area contributed by atoms with Gasteiger partial charge in [-0.25, -0.2) is 0 Å². The summed E-state index contributed by atoms with van der Waals surface area (Å²) in [5.74, 6) is 2.09. The Morgan fingerprint density at radius 2 is 1.96 bits per heavy atom. The molecule has 0 bridgehead atoms. The van der Waals surface area contributed by atoms with Crippen LogP contribution in [-0.4, -0.2) is 57.6 Å². The summed E-state index contributed by atoms with van der Waals surface area (Å²) in [5.41, 5.74) is 0. The summed E-state index contributed by atoms with van der Waals surface area (Å²) in [6.45, 7) is 7.01. The number of rotatable bonds is 8. The van der Waals surface area contributed by atoms with E-state index in [2.05, 4.69) is 28.9 Å². The first-order valence-corrected chi connectivity index (χ1v) is 10.4. The van der Waals surface area contributed by atoms with Crippen LogP contribution in [0.5, 0.6) is 0 Å². The van der Waals surface area contributed by atoms with E-state index in [1.807, 2.05) is 33.7 Å². The molecule has 1 saturated heterocycles. The molecule has 1 aliphatic heterocycles. The van der Waals surface area contributed by atoms with E-state index in [0.717, 1.165) is 16.7 Å². The van der Waals surface area contributed by atoms with Gasteiger partial charge in [0.15, 0.2) is 5.16 Å². The van der Waals surface area contributed by atoms with E-state index in [1.54, 1.807) is 11.8 Å². The number of amides is 1. The van der Waals surface area contributed by atoms with Crippen molar-refractivity contribution in [2.45, 2.75) is 22.3 Å². The summed E-state index contributed by atoms with van der Waals surface area (Å²) in [7, 11) is 0. The van der Waals surface area contributed by atoms with Crippen molar-refractivity contribution in [3.05, 3.63) is 48.8 Å². The molecule has 0 radical (unpaired) electrons. The number of nitrogens with zero attached hydrogens (tertiary/aromatic N) is 4. The first-order chi connectivity index (χ1) is 12.8. The molecule has 1 fully saturated rings. The van der Waals surface area contributed by atoms with Crippen LogP contribution < -0.4 is 0 Å². The van der Waals surface area contributed by atoms with Crippen molar-refractivity contribution in [2.75, 3.05) is 32.1 Å². The maximum Gasteiger partial charge on any atom is 0.233 e. The van der Waals surface area contributed by atoms with Crippen LogP contribution in [0.15, 0.2) is 53.0 Å². The van der Waals surface area contributed by atoms with Crippen molar-refractivity contribution >= 4 is 29.4 Å². The van der Waals surface area contributed by atoms with Gasteiger partial charge in [0.05, 0.1) is 24.7 Å². The van der Waals surface area contributed by atoms with Gasteiger partial charge in [0.1, 0.15) is 5.82 Å². The highest BCUT2D eigenvalue weighted by Crippen LogP contribution is 2.24. The van der Waals surface area contributed by atoms with E-state index < -0.39 is 0 Å². The summed E-state index contributed by atoms with van der Waals surface area (Å²) >= 11 is 3.15. The third-order valence-corrected chi connectivity index (χ3v) is 5.86. The van der Waals surface area contributed by atoms with Crippen molar-refractivity contribution in [2.24, 2.45) is 0 Å². The molecule has 0 saturated carbocycles. The first-order valence-electron chi connectivity index (χ1n) is 8.47. The van der Waals surface area contributed by atoms with Gasteiger partial charge in [-0.1, -0.05) is 36.0 Å². The molecule has 138 valence electrons. The molecule has 3 rings (SSSR count). The van der Waals surface area contributed by atoms with Gasteiger partial charge in [-0.15, -0.1) is 28.5 Å². The van der Waals surface area contributed by atoms with E-state index >= 15 is 0 Å². The molecule has 0 aliphatic carbocycles. The Morgan fingerprint density at radius 3 is 2.69 bits per heavy atom. The SMILES string of the molecule is C=CCn1c(CSc2ccccc2)nnc1SCC(=O)N1CCOCC1. The van der Waals surface area contributed by atoms with Crippen molar-refractivity contribution in [3.63, 3.8) is 0 Å². The third kappa shape index (κ3) is 5.12. The van der Waals surface area contributed by atoms with E-state index in [-0.39, 0.29) is 5.91 Å². The molecule has 1 amide bonds. The van der Waals surface area contributed by atoms with Crippen LogP contribution in [0.2, 0.25) is 0 Å². The van der Waals surface area contributed by atoms with Gasteiger partial charge in [-0.2, -0.15) is 0 Å². The van der Waals surface area contributed by atoms with Crippen LogP contribution in [0.3, 0.4) is 0 Å². The summed E-state index contributed by atoms with van der Waals surface area (Å²) in [6.07, 6.45) is 1.83. The molecule has 1 aliphatic rings. The molecule has 1 aromatic heterocycles. The minimum absolute atomic E-state index is 0.117. The number of allylic oxidation sites excluding steroid dienone is 1. The highest BCUT2D eigenvalue weighted by Gasteiger charge is 2.19. The van der Waals surface area contributed by atoms with Gasteiger partial charge >= 0.3 is 0 Å². The van der Waals surface area contributed by atoms with Crippen LogP contribution >= 0.6 is 23.5 Å². The third-order valence-electron chi connectivity index (χ3n) is 3.90. The number of hydrogen-bond donors (Lipinski definition) is 0. The Balaban J connectivity index is 1.60. The zero-order chi connectivity index (χ0) is 18.2. The van der Waals surface area contributed by atoms with Crippen LogP contribution in [0.4, 0.5) is 0 Å². The van der Waals surface area contributed by atoms with Gasteiger partial charge in [0, 0.05) is 24.5 Å². The second-order valence-electron chi connectivity index (χ2n) is 5.68. The number of aromatic nitrogens is 3. The van der Waals surface area contributed by atoms with Crippen LogP contribution in [0, 0.1) is 0 Å². The van der Waals surface area contributed by atoms with Gasteiger partial charge in [0.2, 0.25) is 5.91 Å². The quantitative estimate of drug-likeness (QED) is 0.510. The Kier molecular flexibility index (Phi) is 7.16. The molecule has 6 nitrogen and oxygen atoms in total. The Bertz CT molecular complexity index is 730. The van der Waals surface area contributed by atoms with E-state index in [1.165, 1.54) is 16.7 Å². The molecular weight excluding hydrogens is 368 g/mol. The Labute approximate surface area is 162 Å². The zero-order valence-electron chi connectivity index (χ0n) is 14.5. The molecule has 0 unspecified atom stereocenters. The van der Waals surface area contributed by atoms with E-state index in [9.17, 15) is 4.79 Å². The molecule has 0 atom stereocenters. The Morgan fingerprint density at radius 1 is 1.19 bits per heavy atom. The van der Waals surface area contributed by atoms with Crippen molar-refractivity contribution in [3.8, 4) is 0 Å². The van der Waals surface area contributed by atoms with Crippen LogP contribution in [0.1, 0.15) is 5.82 Å². The van der Waals surface area contributed by atoms with Gasteiger partial charge in [0.25, 0.3) is 0 Å². The number of thioether (sulfide) groups is 2. The lowest BCUT2D eigenvalue weighted by atomic mass is 10.4. The average Bonchev–Trinajstić information content (AvgIpc) is 3.08. The number of hydrogen-bond acceptors (Lipinski definition) is 6. The fourth-order valence-corrected chi connectivity index (χ4v) is 4.27. The summed E-state index contributed by atoms with van der Waals surface area (Å²) in [6, 6.07) is 10.2. The minimum atomic E-state index is 0.117. The van der Waals surface area contributed by atoms with Gasteiger partial charge < -0.3 is 14.2 Å². The maximum atomic E-state index is 12.3. The lowest BCUT2D eigenvalue weighted by molar-refractivity contribution is -0.132. The van der Waals surface area contributed by atoms with Crippen LogP contribution in [0.25, 0.3) is 0 Å². The number of morpholine rings is 1. The van der Waals surface area contributed by atoms with Crippen LogP contribution in [-0.2, 0) is 21.8 Å². The predicted octanol–water partition coefficient (Wildman–Crippen LogP) is 2.71. The Hall–Kier alpha value is -1.77. The van der Waals surface area contributed by atoms with E-state index in [4.69, 9.17) is 4.74 Å². The summed E-state index contributed by atoms with van der Waals surface area (Å²) in [4.78, 5) is 15.4. The standard InChI is InChI=1S/C18H22N4O2S2/c1-2-8-22-16(13-25-15-6-4-3-5-7-15)19-20-18(22)26-14-17(23)21-9-11-24-12-10-21/h2-7H,1,8-14H2. The summed E-state index contributed by atoms with van der Waals surface area (Å²) < 4.78 is 7.32. The molecule has 2 aromatic rings. The number of benzene rings is 1. The fraction of sp³-hybridized carbons (Fsp3) is 0.389. The van der Waals surface area contributed by atoms with Gasteiger partial charge in [-0.3, -0.25) is 4.79 Å². The largest absolute Gasteiger partial charge is 0.378 e. The highest BCUT2D eigenvalue weighted by molar-refractivity contribution is 7.99. The van der Waals surface area contributed by atoms with Crippen molar-refractivity contribution in [1.29, 1.82) is 0 Å². The van der Waals surface area contributed by atoms with E-state index in [0.29, 0.717) is 38.6 Å². The molecular formula is C18H22N4O2S2. The number of carbonyl (C=O) groups is 1. The van der Waals surface area contributed by atoms with Crippen molar-refractivity contribution < 1.29 is 9.53 Å². The first kappa shape index (κ1) is 19.0. The van der Waals surface area contributed by atoms with Crippen molar-refractivity contribution in [1.82, 2.24) is 19.7 Å². The lowest BCUT2D eigenvalue weighted by Crippen LogP contribution is -2.41. The average molecular weight is 391 g/mol. The smallest absolute Gasteiger partial charge is 0.233 e. The normalized spacial score (nSPS) is 14.4. The second-order valence-corrected chi connectivity index (χ2v) is 7.67.